The minimum Gasteiger partial charge on any atom is -0.477 e. The fourth-order valence-electron chi connectivity index (χ4n) is 2.45. The number of aromatic carboxylic acids is 1. The van der Waals surface area contributed by atoms with Crippen LogP contribution in [-0.4, -0.2) is 16.2 Å². The number of carbonyl (C=O) groups is 1. The van der Waals surface area contributed by atoms with Crippen LogP contribution in [0.3, 0.4) is 0 Å². The lowest BCUT2D eigenvalue weighted by Crippen LogP contribution is -2.04. The van der Waals surface area contributed by atoms with Crippen LogP contribution < -0.4 is 0 Å². The van der Waals surface area contributed by atoms with Crippen molar-refractivity contribution in [3.05, 3.63) is 40.1 Å². The Labute approximate surface area is 124 Å². The second-order valence-corrected chi connectivity index (χ2v) is 5.98. The first-order valence-electron chi connectivity index (χ1n) is 7.11. The number of aryl methyl sites for hydroxylation is 3. The molecule has 0 aliphatic rings. The highest BCUT2D eigenvalue weighted by Crippen LogP contribution is 2.31. The van der Waals surface area contributed by atoms with Gasteiger partial charge in [-0.25, -0.2) is 4.79 Å². The maximum absolute atomic E-state index is 11.6. The molecule has 1 aromatic carbocycles. The Hall–Kier alpha value is -2.10. The average molecular weight is 287 g/mol. The summed E-state index contributed by atoms with van der Waals surface area (Å²) in [6, 6.07) is 4.03. The number of aromatic nitrogens is 1. The first-order valence-corrected chi connectivity index (χ1v) is 7.11. The Kier molecular flexibility index (Phi) is 4.16. The third-order valence-electron chi connectivity index (χ3n) is 3.67. The van der Waals surface area contributed by atoms with Gasteiger partial charge < -0.3 is 9.63 Å². The summed E-state index contributed by atoms with van der Waals surface area (Å²) >= 11 is 0. The third-order valence-corrected chi connectivity index (χ3v) is 3.67. The van der Waals surface area contributed by atoms with Gasteiger partial charge in [-0.1, -0.05) is 25.1 Å². The molecule has 1 aromatic heterocycles. The lowest BCUT2D eigenvalue weighted by atomic mass is 9.95. The second kappa shape index (κ2) is 5.72. The average Bonchev–Trinajstić information content (AvgIpc) is 2.76. The van der Waals surface area contributed by atoms with Gasteiger partial charge >= 0.3 is 5.97 Å². The number of carboxylic acids is 1. The van der Waals surface area contributed by atoms with E-state index >= 15 is 0 Å². The summed E-state index contributed by atoms with van der Waals surface area (Å²) < 4.78 is 5.32. The summed E-state index contributed by atoms with van der Waals surface area (Å²) in [6.07, 6.45) is 0.568. The van der Waals surface area contributed by atoms with E-state index in [4.69, 9.17) is 4.52 Å². The molecule has 0 bridgehead atoms. The number of rotatable bonds is 4. The molecule has 2 rings (SSSR count). The minimum atomic E-state index is -0.987. The minimum absolute atomic E-state index is 0.190. The van der Waals surface area contributed by atoms with Gasteiger partial charge in [0.1, 0.15) is 11.3 Å². The lowest BCUT2D eigenvalue weighted by molar-refractivity contribution is 0.0695. The van der Waals surface area contributed by atoms with Crippen LogP contribution in [0.5, 0.6) is 0 Å². The molecule has 0 spiro atoms. The molecule has 21 heavy (non-hydrogen) atoms. The molecule has 0 fully saturated rings. The molecule has 0 aliphatic carbocycles. The Balaban J connectivity index is 2.62. The molecule has 0 unspecified atom stereocenters. The topological polar surface area (TPSA) is 63.3 Å². The van der Waals surface area contributed by atoms with Crippen molar-refractivity contribution >= 4 is 5.97 Å². The summed E-state index contributed by atoms with van der Waals surface area (Å²) in [5.41, 5.74) is 4.74. The van der Waals surface area contributed by atoms with Gasteiger partial charge in [0.25, 0.3) is 0 Å². The smallest absolute Gasteiger partial charge is 0.341 e. The van der Waals surface area contributed by atoms with Crippen molar-refractivity contribution in [1.29, 1.82) is 0 Å². The fraction of sp³-hybridized carbons (Fsp3) is 0.412. The monoisotopic (exact) mass is 287 g/mol. The molecular formula is C17H21NO3. The summed E-state index contributed by atoms with van der Waals surface area (Å²) in [6.45, 7) is 10.1. The molecule has 0 saturated carbocycles. The second-order valence-electron chi connectivity index (χ2n) is 5.98. The Morgan fingerprint density at radius 2 is 1.81 bits per heavy atom. The molecule has 0 amide bonds. The zero-order valence-electron chi connectivity index (χ0n) is 13.2. The number of benzene rings is 1. The van der Waals surface area contributed by atoms with E-state index in [1.807, 2.05) is 46.8 Å². The van der Waals surface area contributed by atoms with E-state index in [0.29, 0.717) is 23.8 Å². The fourth-order valence-corrected chi connectivity index (χ4v) is 2.45. The van der Waals surface area contributed by atoms with Crippen LogP contribution in [0.2, 0.25) is 0 Å². The molecule has 0 atom stereocenters. The third kappa shape index (κ3) is 2.99. The number of hydrogen-bond acceptors (Lipinski definition) is 3. The van der Waals surface area contributed by atoms with Gasteiger partial charge in [-0.2, -0.15) is 0 Å². The molecule has 2 aromatic rings. The van der Waals surface area contributed by atoms with Gasteiger partial charge in [0.05, 0.1) is 0 Å². The van der Waals surface area contributed by atoms with Gasteiger partial charge in [-0.15, -0.1) is 0 Å². The first kappa shape index (κ1) is 15.3. The predicted molar refractivity (Wildman–Crippen MR) is 81.7 cm³/mol. The molecule has 4 nitrogen and oxygen atoms in total. The lowest BCUT2D eigenvalue weighted by Gasteiger charge is -2.08. The normalized spacial score (nSPS) is 11.1. The van der Waals surface area contributed by atoms with Gasteiger partial charge in [-0.3, -0.25) is 0 Å². The maximum atomic E-state index is 11.6. The van der Waals surface area contributed by atoms with Crippen LogP contribution in [0.4, 0.5) is 0 Å². The molecule has 1 heterocycles. The van der Waals surface area contributed by atoms with Gasteiger partial charge in [0.15, 0.2) is 5.76 Å². The SMILES string of the molecule is Cc1cc(C)c(-c2noc(CC(C)C)c2C(=O)O)cc1C. The van der Waals surface area contributed by atoms with Crippen molar-refractivity contribution in [3.63, 3.8) is 0 Å². The molecule has 0 saturated heterocycles. The van der Waals surface area contributed by atoms with E-state index in [9.17, 15) is 9.90 Å². The summed E-state index contributed by atoms with van der Waals surface area (Å²) in [5.74, 6) is -0.227. The van der Waals surface area contributed by atoms with Crippen LogP contribution in [0, 0.1) is 26.7 Å². The summed E-state index contributed by atoms with van der Waals surface area (Å²) in [5, 5.41) is 13.6. The number of carboxylic acid groups (broad SMARTS) is 1. The Morgan fingerprint density at radius 3 is 2.38 bits per heavy atom. The van der Waals surface area contributed by atoms with Crippen LogP contribution in [0.1, 0.15) is 46.7 Å². The zero-order valence-corrected chi connectivity index (χ0v) is 13.2. The highest BCUT2D eigenvalue weighted by Gasteiger charge is 2.25. The molecular weight excluding hydrogens is 266 g/mol. The standard InChI is InChI=1S/C17H21NO3/c1-9(2)6-14-15(17(19)20)16(18-21-14)13-8-11(4)10(3)7-12(13)5/h7-9H,6H2,1-5H3,(H,19,20). The van der Waals surface area contributed by atoms with Gasteiger partial charge in [0.2, 0.25) is 0 Å². The Morgan fingerprint density at radius 1 is 1.19 bits per heavy atom. The van der Waals surface area contributed by atoms with Crippen molar-refractivity contribution in [2.24, 2.45) is 5.92 Å². The number of hydrogen-bond donors (Lipinski definition) is 1. The van der Waals surface area contributed by atoms with Crippen molar-refractivity contribution in [3.8, 4) is 11.3 Å². The molecule has 0 aliphatic heterocycles. The first-order chi connectivity index (χ1) is 9.81. The number of nitrogens with zero attached hydrogens (tertiary/aromatic N) is 1. The highest BCUT2D eigenvalue weighted by atomic mass is 16.5. The largest absolute Gasteiger partial charge is 0.477 e. The molecule has 112 valence electrons. The van der Waals surface area contributed by atoms with Crippen molar-refractivity contribution in [2.45, 2.75) is 41.0 Å². The van der Waals surface area contributed by atoms with E-state index in [0.717, 1.165) is 16.7 Å². The van der Waals surface area contributed by atoms with E-state index < -0.39 is 5.97 Å². The Bertz CT molecular complexity index is 684. The van der Waals surface area contributed by atoms with Crippen LogP contribution in [0.25, 0.3) is 11.3 Å². The molecule has 4 heteroatoms. The van der Waals surface area contributed by atoms with E-state index in [1.54, 1.807) is 0 Å². The highest BCUT2D eigenvalue weighted by molar-refractivity contribution is 5.96. The maximum Gasteiger partial charge on any atom is 0.341 e. The van der Waals surface area contributed by atoms with Crippen LogP contribution in [-0.2, 0) is 6.42 Å². The van der Waals surface area contributed by atoms with Crippen molar-refractivity contribution in [1.82, 2.24) is 5.16 Å². The van der Waals surface area contributed by atoms with E-state index in [2.05, 4.69) is 5.16 Å². The van der Waals surface area contributed by atoms with Crippen LogP contribution >= 0.6 is 0 Å². The predicted octanol–water partition coefficient (Wildman–Crippen LogP) is 4.16. The quantitative estimate of drug-likeness (QED) is 0.917. The van der Waals surface area contributed by atoms with E-state index in [-0.39, 0.29) is 5.56 Å². The zero-order chi connectivity index (χ0) is 15.7. The molecule has 0 radical (unpaired) electrons. The van der Waals surface area contributed by atoms with Crippen LogP contribution in [0.15, 0.2) is 16.7 Å². The van der Waals surface area contributed by atoms with Crippen molar-refractivity contribution < 1.29 is 14.4 Å². The van der Waals surface area contributed by atoms with Gasteiger partial charge in [0, 0.05) is 12.0 Å². The summed E-state index contributed by atoms with van der Waals surface area (Å²) in [4.78, 5) is 11.6. The van der Waals surface area contributed by atoms with E-state index in [1.165, 1.54) is 5.56 Å². The van der Waals surface area contributed by atoms with Crippen molar-refractivity contribution in [2.75, 3.05) is 0 Å². The molecule has 1 N–H and O–H groups in total. The summed E-state index contributed by atoms with van der Waals surface area (Å²) in [7, 11) is 0. The van der Waals surface area contributed by atoms with Gasteiger partial charge in [-0.05, 0) is 49.4 Å².